The summed E-state index contributed by atoms with van der Waals surface area (Å²) in [7, 11) is 3.91. The third-order valence-corrected chi connectivity index (χ3v) is 2.54. The number of pyridine rings is 1. The molecule has 1 heterocycles. The van der Waals surface area contributed by atoms with Crippen molar-refractivity contribution in [1.29, 1.82) is 0 Å². The zero-order chi connectivity index (χ0) is 12.3. The Hall–Kier alpha value is -1.42. The van der Waals surface area contributed by atoms with Gasteiger partial charge in [0.2, 0.25) is 0 Å². The van der Waals surface area contributed by atoms with Crippen LogP contribution in [0.15, 0.2) is 16.9 Å². The highest BCUT2D eigenvalue weighted by molar-refractivity contribution is 5.93. The lowest BCUT2D eigenvalue weighted by Gasteiger charge is -2.14. The van der Waals surface area contributed by atoms with Gasteiger partial charge in [0.05, 0.1) is 5.56 Å². The van der Waals surface area contributed by atoms with Gasteiger partial charge >= 0.3 is 0 Å². The molecule has 0 amide bonds. The Morgan fingerprint density at radius 1 is 1.38 bits per heavy atom. The number of nitrogens with zero attached hydrogens (tertiary/aromatic N) is 2. The lowest BCUT2D eigenvalue weighted by molar-refractivity contribution is 0.101. The van der Waals surface area contributed by atoms with Crippen molar-refractivity contribution in [2.24, 2.45) is 0 Å². The van der Waals surface area contributed by atoms with E-state index in [-0.39, 0.29) is 16.9 Å². The van der Waals surface area contributed by atoms with Crippen LogP contribution in [-0.4, -0.2) is 35.9 Å². The average Bonchev–Trinajstić information content (AvgIpc) is 2.16. The van der Waals surface area contributed by atoms with Crippen LogP contribution >= 0.6 is 0 Å². The molecule has 0 radical (unpaired) electrons. The van der Waals surface area contributed by atoms with E-state index in [1.165, 1.54) is 6.92 Å². The van der Waals surface area contributed by atoms with Crippen molar-refractivity contribution in [2.75, 3.05) is 20.6 Å². The fourth-order valence-electron chi connectivity index (χ4n) is 1.52. The number of hydrogen-bond acceptors (Lipinski definition) is 3. The minimum absolute atomic E-state index is 0.177. The Morgan fingerprint density at radius 2 is 2.00 bits per heavy atom. The van der Waals surface area contributed by atoms with Crippen LogP contribution in [0.4, 0.5) is 0 Å². The molecule has 0 bridgehead atoms. The molecule has 0 atom stereocenters. The van der Waals surface area contributed by atoms with E-state index in [0.29, 0.717) is 6.54 Å². The summed E-state index contributed by atoms with van der Waals surface area (Å²) in [6.45, 7) is 4.68. The summed E-state index contributed by atoms with van der Waals surface area (Å²) in [5.74, 6) is -0.177. The van der Waals surface area contributed by atoms with Gasteiger partial charge in [-0.1, -0.05) is 0 Å². The number of hydrogen-bond donors (Lipinski definition) is 0. The summed E-state index contributed by atoms with van der Waals surface area (Å²) >= 11 is 0. The highest BCUT2D eigenvalue weighted by Crippen LogP contribution is 1.99. The van der Waals surface area contributed by atoms with Crippen molar-refractivity contribution >= 4 is 5.78 Å². The van der Waals surface area contributed by atoms with Crippen LogP contribution < -0.4 is 5.56 Å². The Bertz CT molecular complexity index is 447. The van der Waals surface area contributed by atoms with E-state index >= 15 is 0 Å². The minimum Gasteiger partial charge on any atom is -0.311 e. The number of rotatable bonds is 4. The Kier molecular flexibility index (Phi) is 4.01. The predicted octanol–water partition coefficient (Wildman–Crippen LogP) is 0.921. The second kappa shape index (κ2) is 5.07. The van der Waals surface area contributed by atoms with Crippen LogP contribution in [0.25, 0.3) is 0 Å². The molecule has 88 valence electrons. The molecule has 0 aliphatic rings. The molecular weight excluding hydrogens is 204 g/mol. The average molecular weight is 222 g/mol. The van der Waals surface area contributed by atoms with Crippen LogP contribution in [-0.2, 0) is 6.54 Å². The molecular formula is C12H18N2O2. The van der Waals surface area contributed by atoms with E-state index in [1.807, 2.05) is 32.0 Å². The smallest absolute Gasteiger partial charge is 0.261 e. The Morgan fingerprint density at radius 3 is 2.50 bits per heavy atom. The summed E-state index contributed by atoms with van der Waals surface area (Å²) in [6.07, 6.45) is 0. The van der Waals surface area contributed by atoms with Gasteiger partial charge in [-0.15, -0.1) is 0 Å². The van der Waals surface area contributed by atoms with E-state index < -0.39 is 0 Å². The summed E-state index contributed by atoms with van der Waals surface area (Å²) in [4.78, 5) is 25.2. The maximum Gasteiger partial charge on any atom is 0.261 e. The largest absolute Gasteiger partial charge is 0.311 e. The monoisotopic (exact) mass is 222 g/mol. The lowest BCUT2D eigenvalue weighted by atomic mass is 10.2. The van der Waals surface area contributed by atoms with Gasteiger partial charge in [-0.05, 0) is 40.1 Å². The summed E-state index contributed by atoms with van der Waals surface area (Å²) in [5, 5.41) is 0. The lowest BCUT2D eigenvalue weighted by Crippen LogP contribution is -2.31. The molecule has 0 aliphatic heterocycles. The maximum atomic E-state index is 12.0. The molecule has 4 nitrogen and oxygen atoms in total. The summed E-state index contributed by atoms with van der Waals surface area (Å²) < 4.78 is 1.65. The first-order valence-electron chi connectivity index (χ1n) is 5.29. The zero-order valence-corrected chi connectivity index (χ0v) is 10.3. The minimum atomic E-state index is -0.186. The molecule has 1 aromatic rings. The zero-order valence-electron chi connectivity index (χ0n) is 10.3. The second-order valence-electron chi connectivity index (χ2n) is 4.20. The third-order valence-electron chi connectivity index (χ3n) is 2.54. The normalized spacial score (nSPS) is 10.8. The number of aryl methyl sites for hydroxylation is 1. The standard InChI is InChI=1S/C12H18N2O2/c1-9-5-6-11(10(2)15)12(16)14(9)8-7-13(3)4/h5-6H,7-8H2,1-4H3. The first-order chi connectivity index (χ1) is 7.43. The van der Waals surface area contributed by atoms with E-state index in [4.69, 9.17) is 0 Å². The fraction of sp³-hybridized carbons (Fsp3) is 0.500. The van der Waals surface area contributed by atoms with Crippen molar-refractivity contribution in [3.8, 4) is 0 Å². The topological polar surface area (TPSA) is 42.3 Å². The van der Waals surface area contributed by atoms with Crippen LogP contribution in [0, 0.1) is 6.92 Å². The van der Waals surface area contributed by atoms with Crippen molar-refractivity contribution in [3.63, 3.8) is 0 Å². The Labute approximate surface area is 95.5 Å². The van der Waals surface area contributed by atoms with Gasteiger partial charge in [-0.25, -0.2) is 0 Å². The molecule has 0 aliphatic carbocycles. The SMILES string of the molecule is CC(=O)c1ccc(C)n(CCN(C)C)c1=O. The van der Waals surface area contributed by atoms with Crippen LogP contribution in [0.3, 0.4) is 0 Å². The predicted molar refractivity (Wildman–Crippen MR) is 64.0 cm³/mol. The highest BCUT2D eigenvalue weighted by atomic mass is 16.1. The molecule has 1 aromatic heterocycles. The molecule has 1 rings (SSSR count). The number of carbonyl (C=O) groups is 1. The van der Waals surface area contributed by atoms with Crippen LogP contribution in [0.1, 0.15) is 23.0 Å². The van der Waals surface area contributed by atoms with Gasteiger partial charge in [-0.2, -0.15) is 0 Å². The number of likely N-dealkylation sites (N-methyl/N-ethyl adjacent to an activating group) is 1. The van der Waals surface area contributed by atoms with E-state index in [9.17, 15) is 9.59 Å². The van der Waals surface area contributed by atoms with Gasteiger partial charge < -0.3 is 9.47 Å². The van der Waals surface area contributed by atoms with Crippen molar-refractivity contribution in [2.45, 2.75) is 20.4 Å². The van der Waals surface area contributed by atoms with E-state index in [0.717, 1.165) is 12.2 Å². The van der Waals surface area contributed by atoms with Gasteiger partial charge in [0, 0.05) is 18.8 Å². The number of carbonyl (C=O) groups excluding carboxylic acids is 1. The number of aromatic nitrogens is 1. The highest BCUT2D eigenvalue weighted by Gasteiger charge is 2.09. The molecule has 0 fully saturated rings. The molecule has 0 spiro atoms. The van der Waals surface area contributed by atoms with Gasteiger partial charge in [-0.3, -0.25) is 9.59 Å². The molecule has 16 heavy (non-hydrogen) atoms. The van der Waals surface area contributed by atoms with Crippen LogP contribution in [0.5, 0.6) is 0 Å². The van der Waals surface area contributed by atoms with Crippen LogP contribution in [0.2, 0.25) is 0 Å². The van der Waals surface area contributed by atoms with Gasteiger partial charge in [0.1, 0.15) is 0 Å². The molecule has 0 aromatic carbocycles. The number of ketones is 1. The van der Waals surface area contributed by atoms with Gasteiger partial charge in [0.25, 0.3) is 5.56 Å². The quantitative estimate of drug-likeness (QED) is 0.711. The van der Waals surface area contributed by atoms with Crippen molar-refractivity contribution in [1.82, 2.24) is 9.47 Å². The molecule has 0 saturated heterocycles. The van der Waals surface area contributed by atoms with Crippen molar-refractivity contribution in [3.05, 3.63) is 33.7 Å². The molecule has 0 N–H and O–H groups in total. The first kappa shape index (κ1) is 12.6. The number of Topliss-reactive ketones (excluding diaryl/α,β-unsaturated/α-hetero) is 1. The third kappa shape index (κ3) is 2.79. The summed E-state index contributed by atoms with van der Waals surface area (Å²) in [5.41, 5.74) is 0.968. The van der Waals surface area contributed by atoms with Crippen molar-refractivity contribution < 1.29 is 4.79 Å². The summed E-state index contributed by atoms with van der Waals surface area (Å²) in [6, 6.07) is 3.42. The first-order valence-corrected chi connectivity index (χ1v) is 5.29. The van der Waals surface area contributed by atoms with E-state index in [1.54, 1.807) is 10.6 Å². The maximum absolute atomic E-state index is 12.0. The second-order valence-corrected chi connectivity index (χ2v) is 4.20. The Balaban J connectivity index is 3.12. The fourth-order valence-corrected chi connectivity index (χ4v) is 1.52. The molecule has 4 heteroatoms. The van der Waals surface area contributed by atoms with Gasteiger partial charge in [0.15, 0.2) is 5.78 Å². The molecule has 0 unspecified atom stereocenters. The molecule has 0 saturated carbocycles. The van der Waals surface area contributed by atoms with E-state index in [2.05, 4.69) is 0 Å².